The maximum atomic E-state index is 15.4. The molecule has 5 rings (SSSR count). The van der Waals surface area contributed by atoms with Crippen LogP contribution in [0.5, 0.6) is 0 Å². The number of nitrogens with one attached hydrogen (secondary N) is 1. The summed E-state index contributed by atoms with van der Waals surface area (Å²) in [5.74, 6) is -5.85. The van der Waals surface area contributed by atoms with E-state index in [0.717, 1.165) is 19.1 Å². The smallest absolute Gasteiger partial charge is 0.408 e. The number of ketones is 1. The second kappa shape index (κ2) is 16.3. The van der Waals surface area contributed by atoms with Crippen LogP contribution in [0.1, 0.15) is 99.4 Å². The molecule has 2 bridgehead atoms. The summed E-state index contributed by atoms with van der Waals surface area (Å²) in [5, 5.41) is 39.5. The Hall–Kier alpha value is -4.22. The molecule has 1 aromatic rings. The third-order valence-electron chi connectivity index (χ3n) is 12.3. The van der Waals surface area contributed by atoms with Crippen molar-refractivity contribution in [1.82, 2.24) is 5.32 Å². The maximum Gasteiger partial charge on any atom is 0.408 e. The van der Waals surface area contributed by atoms with Crippen LogP contribution >= 0.6 is 0 Å². The molecule has 59 heavy (non-hydrogen) atoms. The van der Waals surface area contributed by atoms with E-state index in [-0.39, 0.29) is 36.3 Å². The predicted molar refractivity (Wildman–Crippen MR) is 207 cm³/mol. The van der Waals surface area contributed by atoms with Crippen LogP contribution in [0.2, 0.25) is 0 Å². The Kier molecular flexibility index (Phi) is 12.7. The van der Waals surface area contributed by atoms with Crippen molar-refractivity contribution in [3.05, 3.63) is 58.4 Å². The number of halogens is 1. The topological polar surface area (TPSA) is 213 Å². The van der Waals surface area contributed by atoms with Crippen LogP contribution in [0.3, 0.4) is 0 Å². The minimum Gasteiger partial charge on any atom is -0.456 e. The molecule has 0 radical (unpaired) electrons. The number of Topliss-reactive ketones (excluding diaryl/α,β-unsaturated/α-hetero) is 1. The van der Waals surface area contributed by atoms with E-state index in [1.807, 2.05) is 0 Å². The zero-order chi connectivity index (χ0) is 44.2. The number of aliphatic hydroxyl groups is 3. The lowest BCUT2D eigenvalue weighted by Gasteiger charge is -2.67. The van der Waals surface area contributed by atoms with Gasteiger partial charge in [0.1, 0.15) is 41.4 Å². The number of aliphatic hydroxyl groups excluding tert-OH is 2. The van der Waals surface area contributed by atoms with Crippen molar-refractivity contribution in [2.45, 2.75) is 148 Å². The SMILES string of the molecule is CCO[C@H]1C(=O)[C@@]2(C)C([C@H](OC(=O)c3ccc(F)cc3)[C@]3(O)C[C@H](OC(=O)[C@H](O)[C@H](C=C(C)C)NC(=O)OC(C)(C)C)C(C)=C1C3(C)C)[C@]1(OC(C)=O)CO[C@@H]1C[C@@H]2O. The van der Waals surface area contributed by atoms with Crippen molar-refractivity contribution in [3.63, 3.8) is 0 Å². The van der Waals surface area contributed by atoms with Gasteiger partial charge in [-0.2, -0.15) is 0 Å². The largest absolute Gasteiger partial charge is 0.456 e. The normalized spacial score (nSPS) is 33.3. The van der Waals surface area contributed by atoms with Gasteiger partial charge in [-0.1, -0.05) is 25.5 Å². The van der Waals surface area contributed by atoms with Gasteiger partial charge in [0.2, 0.25) is 0 Å². The molecular formula is C43H58FNO14. The van der Waals surface area contributed by atoms with Crippen molar-refractivity contribution in [2.75, 3.05) is 13.2 Å². The first-order chi connectivity index (χ1) is 27.2. The molecule has 4 aliphatic rings. The maximum absolute atomic E-state index is 15.4. The highest BCUT2D eigenvalue weighted by molar-refractivity contribution is 5.94. The van der Waals surface area contributed by atoms with E-state index in [2.05, 4.69) is 5.32 Å². The van der Waals surface area contributed by atoms with Crippen molar-refractivity contribution in [3.8, 4) is 0 Å². The number of carbonyl (C=O) groups is 5. The fourth-order valence-electron chi connectivity index (χ4n) is 9.45. The molecule has 1 amide bonds. The number of hydrogen-bond acceptors (Lipinski definition) is 14. The number of allylic oxidation sites excluding steroid dienone is 1. The first-order valence-corrected chi connectivity index (χ1v) is 19.8. The average Bonchev–Trinajstić information content (AvgIpc) is 3.11. The summed E-state index contributed by atoms with van der Waals surface area (Å²) < 4.78 is 49.8. The minimum atomic E-state index is -2.34. The number of fused-ring (bicyclic) bond motifs is 5. The standard InChI is InChI=1S/C43H58FNO14/c1-12-54-32-30-22(4)27(56-37(51)31(48)26(17-21(2)3)45-38(52)59-39(6,7)8)19-43(53,40(30,9)10)35(57-36(50)24-13-15-25(44)16-14-24)33-41(11,34(32)49)28(47)18-29-42(33,20-55-29)58-23(5)46/h13-17,26-29,31-33,35,47-48,53H,12,18-20H2,1-11H3,(H,45,52)/t26-,27-,28-,29+,31+,32+,33?,35-,41+,42-,43+/m0/s1. The van der Waals surface area contributed by atoms with Crippen LogP contribution in [-0.4, -0.2) is 118 Å². The average molecular weight is 832 g/mol. The summed E-state index contributed by atoms with van der Waals surface area (Å²) in [6.07, 6.45) is -9.37. The molecule has 11 atom stereocenters. The van der Waals surface area contributed by atoms with Gasteiger partial charge in [-0.05, 0) is 90.8 Å². The van der Waals surface area contributed by atoms with Crippen LogP contribution < -0.4 is 5.32 Å². The Labute approximate surface area is 343 Å². The van der Waals surface area contributed by atoms with Crippen LogP contribution in [0, 0.1) is 22.6 Å². The third kappa shape index (κ3) is 8.18. The van der Waals surface area contributed by atoms with Gasteiger partial charge in [0.05, 0.1) is 35.6 Å². The van der Waals surface area contributed by atoms with Gasteiger partial charge in [-0.15, -0.1) is 0 Å². The molecule has 2 saturated carbocycles. The lowest BCUT2D eigenvalue weighted by Crippen LogP contribution is -2.82. The Bertz CT molecular complexity index is 1900. The van der Waals surface area contributed by atoms with Gasteiger partial charge in [-0.3, -0.25) is 9.59 Å². The van der Waals surface area contributed by atoms with E-state index in [4.69, 9.17) is 28.4 Å². The second-order valence-corrected chi connectivity index (χ2v) is 18.0. The van der Waals surface area contributed by atoms with Crippen LogP contribution in [0.25, 0.3) is 0 Å². The Morgan fingerprint density at radius 1 is 1.07 bits per heavy atom. The first-order valence-electron chi connectivity index (χ1n) is 19.8. The van der Waals surface area contributed by atoms with Gasteiger partial charge in [0, 0.05) is 31.8 Å². The van der Waals surface area contributed by atoms with Gasteiger partial charge in [-0.25, -0.2) is 18.8 Å². The number of esters is 3. The molecule has 0 aromatic heterocycles. The molecule has 1 heterocycles. The van der Waals surface area contributed by atoms with Crippen molar-refractivity contribution in [2.24, 2.45) is 16.7 Å². The molecule has 3 aliphatic carbocycles. The fraction of sp³-hybridized carbons (Fsp3) is 0.651. The first kappa shape index (κ1) is 45.9. The summed E-state index contributed by atoms with van der Waals surface area (Å²) in [6, 6.07) is 3.11. The zero-order valence-electron chi connectivity index (χ0n) is 35.5. The van der Waals surface area contributed by atoms with Gasteiger partial charge >= 0.3 is 24.0 Å². The Morgan fingerprint density at radius 2 is 1.69 bits per heavy atom. The number of hydrogen-bond donors (Lipinski definition) is 4. The van der Waals surface area contributed by atoms with E-state index < -0.39 is 118 Å². The summed E-state index contributed by atoms with van der Waals surface area (Å²) in [6.45, 7) is 17.1. The third-order valence-corrected chi connectivity index (χ3v) is 12.3. The van der Waals surface area contributed by atoms with E-state index in [1.165, 1.54) is 25.1 Å². The van der Waals surface area contributed by atoms with Crippen LogP contribution in [-0.2, 0) is 42.8 Å². The Morgan fingerprint density at radius 3 is 2.22 bits per heavy atom. The molecule has 326 valence electrons. The number of rotatable bonds is 10. The number of alkyl carbamates (subject to hydrolysis) is 1. The molecule has 16 heteroatoms. The van der Waals surface area contributed by atoms with E-state index in [1.54, 1.807) is 62.3 Å². The lowest BCUT2D eigenvalue weighted by molar-refractivity contribution is -0.346. The van der Waals surface area contributed by atoms with Gasteiger partial charge < -0.3 is 49.1 Å². The van der Waals surface area contributed by atoms with E-state index in [9.17, 15) is 38.9 Å². The number of benzene rings is 1. The monoisotopic (exact) mass is 831 g/mol. The quantitative estimate of drug-likeness (QED) is 0.149. The fourth-order valence-corrected chi connectivity index (χ4v) is 9.45. The van der Waals surface area contributed by atoms with Gasteiger partial charge in [0.25, 0.3) is 0 Å². The molecule has 0 spiro atoms. The molecule has 3 fully saturated rings. The van der Waals surface area contributed by atoms with Crippen LogP contribution in [0.4, 0.5) is 9.18 Å². The predicted octanol–water partition coefficient (Wildman–Crippen LogP) is 4.04. The number of carbonyl (C=O) groups excluding carboxylic acids is 5. The highest BCUT2D eigenvalue weighted by Gasteiger charge is 2.78. The van der Waals surface area contributed by atoms with E-state index >= 15 is 4.79 Å². The van der Waals surface area contributed by atoms with Gasteiger partial charge in [0.15, 0.2) is 17.5 Å². The molecule has 4 N–H and O–H groups in total. The lowest BCUT2D eigenvalue weighted by atomic mass is 9.44. The number of amides is 1. The molecular weight excluding hydrogens is 773 g/mol. The van der Waals surface area contributed by atoms with Crippen molar-refractivity contribution < 1.29 is 72.1 Å². The minimum absolute atomic E-state index is 0.0216. The molecule has 1 aliphatic heterocycles. The molecule has 1 saturated heterocycles. The molecule has 15 nitrogen and oxygen atoms in total. The summed E-state index contributed by atoms with van der Waals surface area (Å²) >= 11 is 0. The Balaban J connectivity index is 1.72. The summed E-state index contributed by atoms with van der Waals surface area (Å²) in [7, 11) is 0. The zero-order valence-corrected chi connectivity index (χ0v) is 35.5. The molecule has 1 aromatic carbocycles. The summed E-state index contributed by atoms with van der Waals surface area (Å²) in [4.78, 5) is 69.3. The second-order valence-electron chi connectivity index (χ2n) is 18.0. The highest BCUT2D eigenvalue weighted by Crippen LogP contribution is 2.64. The number of ether oxygens (including phenoxy) is 6. The van der Waals surface area contributed by atoms with Crippen LogP contribution in [0.15, 0.2) is 47.1 Å². The molecule has 1 unspecified atom stereocenters. The highest BCUT2D eigenvalue weighted by atomic mass is 19.1. The van der Waals surface area contributed by atoms with Crippen molar-refractivity contribution >= 4 is 29.8 Å². The van der Waals surface area contributed by atoms with Crippen molar-refractivity contribution in [1.29, 1.82) is 0 Å². The summed E-state index contributed by atoms with van der Waals surface area (Å²) in [5.41, 5.74) is -7.51. The van der Waals surface area contributed by atoms with E-state index in [0.29, 0.717) is 5.57 Å².